The monoisotopic (exact) mass is 478 g/mol. The minimum Gasteiger partial charge on any atom is -0.382 e. The van der Waals surface area contributed by atoms with Gasteiger partial charge in [-0.25, -0.2) is 18.4 Å². The third-order valence-corrected chi connectivity index (χ3v) is 8.07. The number of hydrogen-bond acceptors (Lipinski definition) is 9. The second-order valence-electron chi connectivity index (χ2n) is 6.94. The maximum Gasteiger partial charge on any atom is 0.270 e. The zero-order valence-corrected chi connectivity index (χ0v) is 18.3. The number of nitrogens with zero attached hydrogens (tertiary/aromatic N) is 5. The molecule has 0 bridgehead atoms. The summed E-state index contributed by atoms with van der Waals surface area (Å²) in [5.41, 5.74) is 7.92. The van der Waals surface area contributed by atoms with Crippen LogP contribution in [0.25, 0.3) is 22.2 Å². The third-order valence-electron chi connectivity index (χ3n) is 4.86. The van der Waals surface area contributed by atoms with Crippen LogP contribution in [0.5, 0.6) is 0 Å². The van der Waals surface area contributed by atoms with E-state index in [4.69, 9.17) is 5.73 Å². The van der Waals surface area contributed by atoms with Gasteiger partial charge in [-0.15, -0.1) is 11.3 Å². The van der Waals surface area contributed by atoms with Crippen molar-refractivity contribution < 1.29 is 13.3 Å². The third kappa shape index (κ3) is 3.50. The van der Waals surface area contributed by atoms with Gasteiger partial charge in [-0.2, -0.15) is 9.78 Å². The van der Waals surface area contributed by atoms with Crippen LogP contribution in [-0.2, 0) is 9.84 Å². The van der Waals surface area contributed by atoms with Crippen LogP contribution in [0.1, 0.15) is 5.56 Å². The largest absolute Gasteiger partial charge is 0.382 e. The zero-order valence-electron chi connectivity index (χ0n) is 16.7. The second-order valence-corrected chi connectivity index (χ2v) is 10.0. The van der Waals surface area contributed by atoms with Gasteiger partial charge in [0.25, 0.3) is 5.69 Å². The summed E-state index contributed by atoms with van der Waals surface area (Å²) >= 11 is 1.07. The van der Waals surface area contributed by atoms with E-state index in [1.54, 1.807) is 41.8 Å². The minimum absolute atomic E-state index is 0.0933. The number of nitrogens with two attached hydrogens (primary N) is 1. The highest BCUT2D eigenvalue weighted by atomic mass is 32.2. The van der Waals surface area contributed by atoms with Gasteiger partial charge in [0.2, 0.25) is 9.84 Å². The summed E-state index contributed by atoms with van der Waals surface area (Å²) in [5.74, 6) is -0.157. The van der Waals surface area contributed by atoms with Crippen molar-refractivity contribution in [1.29, 1.82) is 0 Å². The number of nitrogen functional groups attached to an aromatic ring is 1. The van der Waals surface area contributed by atoms with Gasteiger partial charge in [0.1, 0.15) is 20.4 Å². The molecule has 0 saturated carbocycles. The molecule has 0 spiro atoms. The molecule has 0 atom stereocenters. The number of rotatable bonds is 5. The molecule has 10 nitrogen and oxygen atoms in total. The topological polar surface area (TPSA) is 146 Å². The maximum atomic E-state index is 13.4. The highest BCUT2D eigenvalue weighted by Gasteiger charge is 2.31. The Morgan fingerprint density at radius 3 is 2.52 bits per heavy atom. The van der Waals surface area contributed by atoms with E-state index >= 15 is 0 Å². The molecule has 3 heterocycles. The van der Waals surface area contributed by atoms with E-state index in [0.717, 1.165) is 11.3 Å². The highest BCUT2D eigenvalue weighted by Crippen LogP contribution is 2.36. The van der Waals surface area contributed by atoms with E-state index in [1.807, 2.05) is 0 Å². The smallest absolute Gasteiger partial charge is 0.270 e. The number of non-ortho nitro benzene ring substituents is 1. The molecule has 0 amide bonds. The molecule has 0 aliphatic heterocycles. The quantitative estimate of drug-likeness (QED) is 0.229. The summed E-state index contributed by atoms with van der Waals surface area (Å²) < 4.78 is 28.1. The molecule has 0 saturated heterocycles. The summed E-state index contributed by atoms with van der Waals surface area (Å²) in [6, 6.07) is 16.0. The summed E-state index contributed by atoms with van der Waals surface area (Å²) in [6.07, 6.45) is 1.35. The van der Waals surface area contributed by atoms with Crippen molar-refractivity contribution in [2.75, 3.05) is 5.73 Å². The summed E-state index contributed by atoms with van der Waals surface area (Å²) in [7, 11) is -3.99. The Labute approximate surface area is 190 Å². The lowest BCUT2D eigenvalue weighted by molar-refractivity contribution is -0.384. The van der Waals surface area contributed by atoms with Crippen LogP contribution in [0, 0.1) is 10.1 Å². The molecule has 12 heteroatoms. The van der Waals surface area contributed by atoms with Gasteiger partial charge in [0, 0.05) is 17.7 Å². The van der Waals surface area contributed by atoms with E-state index in [1.165, 1.54) is 35.2 Å². The van der Waals surface area contributed by atoms with Gasteiger partial charge in [0.15, 0.2) is 5.65 Å². The SMILES string of the molecule is Nc1c(S(=O)(=O)c2cccs2)c2nc3ccccc3nc2n1/N=C/c1cccc([N+](=O)[O-])c1. The Morgan fingerprint density at radius 2 is 1.82 bits per heavy atom. The average molecular weight is 479 g/mol. The molecule has 0 aliphatic rings. The zero-order chi connectivity index (χ0) is 23.2. The Hall–Kier alpha value is -4.16. The van der Waals surface area contributed by atoms with Crippen molar-refractivity contribution in [3.63, 3.8) is 0 Å². The van der Waals surface area contributed by atoms with Gasteiger partial charge >= 0.3 is 0 Å². The van der Waals surface area contributed by atoms with Crippen LogP contribution in [0.3, 0.4) is 0 Å². The first-order chi connectivity index (χ1) is 15.9. The highest BCUT2D eigenvalue weighted by molar-refractivity contribution is 7.93. The van der Waals surface area contributed by atoms with Crippen LogP contribution in [0.15, 0.2) is 80.2 Å². The molecule has 3 aromatic heterocycles. The number of aromatic nitrogens is 3. The van der Waals surface area contributed by atoms with E-state index < -0.39 is 14.8 Å². The van der Waals surface area contributed by atoms with Crippen molar-refractivity contribution in [3.8, 4) is 0 Å². The number of anilines is 1. The standard InChI is InChI=1S/C21H14N6O4S2/c22-20-19(33(30,31)17-9-4-10-32-17)18-21(25-16-8-2-1-7-15(16)24-18)26(20)23-12-13-5-3-6-14(11-13)27(28)29/h1-12H,22H2/b23-12+. The fourth-order valence-corrected chi connectivity index (χ4v) is 5.95. The molecular formula is C21H14N6O4S2. The Kier molecular flexibility index (Phi) is 4.87. The molecule has 5 rings (SSSR count). The lowest BCUT2D eigenvalue weighted by Crippen LogP contribution is -2.05. The van der Waals surface area contributed by atoms with Crippen LogP contribution >= 0.6 is 11.3 Å². The Balaban J connectivity index is 1.77. The van der Waals surface area contributed by atoms with Crippen LogP contribution in [-0.4, -0.2) is 34.2 Å². The fourth-order valence-electron chi connectivity index (χ4n) is 3.36. The Morgan fingerprint density at radius 1 is 1.06 bits per heavy atom. The number of sulfone groups is 1. The molecule has 0 fully saturated rings. The van der Waals surface area contributed by atoms with Gasteiger partial charge in [-0.3, -0.25) is 10.1 Å². The Bertz CT molecular complexity index is 1670. The summed E-state index contributed by atoms with van der Waals surface area (Å²) in [5, 5.41) is 17.0. The molecule has 33 heavy (non-hydrogen) atoms. The number of hydrogen-bond donors (Lipinski definition) is 1. The minimum atomic E-state index is -3.99. The molecular weight excluding hydrogens is 464 g/mol. The van der Waals surface area contributed by atoms with Crippen molar-refractivity contribution in [2.45, 2.75) is 9.10 Å². The number of nitro groups is 1. The maximum absolute atomic E-state index is 13.4. The summed E-state index contributed by atoms with van der Waals surface area (Å²) in [6.45, 7) is 0. The van der Waals surface area contributed by atoms with Crippen molar-refractivity contribution in [1.82, 2.24) is 14.6 Å². The van der Waals surface area contributed by atoms with Gasteiger partial charge < -0.3 is 5.73 Å². The van der Waals surface area contributed by atoms with E-state index in [2.05, 4.69) is 15.1 Å². The number of benzene rings is 2. The molecule has 164 valence electrons. The lowest BCUT2D eigenvalue weighted by atomic mass is 10.2. The summed E-state index contributed by atoms with van der Waals surface area (Å²) in [4.78, 5) is 19.4. The van der Waals surface area contributed by atoms with E-state index in [0.29, 0.717) is 16.6 Å². The van der Waals surface area contributed by atoms with Crippen LogP contribution in [0.4, 0.5) is 11.5 Å². The number of thiophene rings is 1. The first kappa shape index (κ1) is 20.7. The second kappa shape index (κ2) is 7.76. The van der Waals surface area contributed by atoms with Crippen LogP contribution in [0.2, 0.25) is 0 Å². The van der Waals surface area contributed by atoms with E-state index in [9.17, 15) is 18.5 Å². The molecule has 0 unspecified atom stereocenters. The van der Waals surface area contributed by atoms with E-state index in [-0.39, 0.29) is 31.8 Å². The molecule has 5 aromatic rings. The lowest BCUT2D eigenvalue weighted by Gasteiger charge is -2.02. The van der Waals surface area contributed by atoms with Gasteiger partial charge in [-0.1, -0.05) is 30.3 Å². The molecule has 2 N–H and O–H groups in total. The molecule has 0 radical (unpaired) electrons. The van der Waals surface area contributed by atoms with Gasteiger partial charge in [-0.05, 0) is 23.6 Å². The number of fused-ring (bicyclic) bond motifs is 2. The number of para-hydroxylation sites is 2. The normalized spacial score (nSPS) is 12.1. The van der Waals surface area contributed by atoms with Crippen molar-refractivity contribution in [3.05, 3.63) is 81.7 Å². The first-order valence-corrected chi connectivity index (χ1v) is 11.9. The first-order valence-electron chi connectivity index (χ1n) is 9.50. The number of nitro benzene ring substituents is 1. The molecule has 2 aromatic carbocycles. The fraction of sp³-hybridized carbons (Fsp3) is 0. The predicted octanol–water partition coefficient (Wildman–Crippen LogP) is 3.85. The van der Waals surface area contributed by atoms with Crippen molar-refractivity contribution in [2.24, 2.45) is 5.10 Å². The average Bonchev–Trinajstić information content (AvgIpc) is 3.43. The van der Waals surface area contributed by atoms with Crippen LogP contribution < -0.4 is 5.73 Å². The van der Waals surface area contributed by atoms with Crippen molar-refractivity contribution >= 4 is 61.1 Å². The van der Waals surface area contributed by atoms with Gasteiger partial charge in [0.05, 0.1) is 22.2 Å². The molecule has 0 aliphatic carbocycles. The predicted molar refractivity (Wildman–Crippen MR) is 125 cm³/mol.